The van der Waals surface area contributed by atoms with E-state index < -0.39 is 12.8 Å². The van der Waals surface area contributed by atoms with E-state index in [9.17, 15) is 18.0 Å². The molecule has 1 amide bonds. The number of nitrogens with zero attached hydrogens (tertiary/aromatic N) is 1. The van der Waals surface area contributed by atoms with Crippen molar-refractivity contribution in [3.63, 3.8) is 0 Å². The highest BCUT2D eigenvalue weighted by Crippen LogP contribution is 2.52. The summed E-state index contributed by atoms with van der Waals surface area (Å²) in [5.41, 5.74) is 3.30. The molecule has 1 aliphatic heterocycles. The Morgan fingerprint density at radius 1 is 1.11 bits per heavy atom. The molecule has 3 nitrogen and oxygen atoms in total. The summed E-state index contributed by atoms with van der Waals surface area (Å²) >= 11 is 0. The predicted octanol–water partition coefficient (Wildman–Crippen LogP) is 4.24. The van der Waals surface area contributed by atoms with E-state index in [2.05, 4.69) is 12.1 Å². The van der Waals surface area contributed by atoms with Gasteiger partial charge in [-0.05, 0) is 41.7 Å². The number of benzene rings is 2. The second-order valence-electron chi connectivity index (χ2n) is 7.42. The molecule has 0 bridgehead atoms. The summed E-state index contributed by atoms with van der Waals surface area (Å²) in [4.78, 5) is 14.7. The minimum atomic E-state index is -4.38. The molecule has 1 saturated carbocycles. The molecular formula is C21H20F3NO2. The lowest BCUT2D eigenvalue weighted by Gasteiger charge is -2.35. The fourth-order valence-corrected chi connectivity index (χ4v) is 3.84. The molecule has 142 valence electrons. The second kappa shape index (κ2) is 6.59. The number of carbonyl (C=O) groups excluding carboxylic acids is 1. The van der Waals surface area contributed by atoms with Crippen LogP contribution in [0.5, 0.6) is 5.75 Å². The summed E-state index contributed by atoms with van der Waals surface area (Å²) < 4.78 is 41.7. The van der Waals surface area contributed by atoms with Gasteiger partial charge in [0.25, 0.3) is 0 Å². The van der Waals surface area contributed by atoms with Gasteiger partial charge in [0.1, 0.15) is 5.75 Å². The Morgan fingerprint density at radius 3 is 2.63 bits per heavy atom. The van der Waals surface area contributed by atoms with Gasteiger partial charge in [-0.25, -0.2) is 0 Å². The van der Waals surface area contributed by atoms with E-state index in [4.69, 9.17) is 4.74 Å². The summed E-state index contributed by atoms with van der Waals surface area (Å²) in [6.45, 7) is -0.0377. The van der Waals surface area contributed by atoms with Crippen molar-refractivity contribution in [3.8, 4) is 5.75 Å². The third kappa shape index (κ3) is 3.94. The van der Waals surface area contributed by atoms with Crippen LogP contribution in [0, 0.1) is 0 Å². The Hall–Kier alpha value is -2.50. The van der Waals surface area contributed by atoms with Crippen LogP contribution in [-0.2, 0) is 23.2 Å². The lowest BCUT2D eigenvalue weighted by molar-refractivity contribution is -0.153. The summed E-state index contributed by atoms with van der Waals surface area (Å²) in [7, 11) is 0. The molecule has 2 aliphatic rings. The molecule has 1 heterocycles. The monoisotopic (exact) mass is 375 g/mol. The van der Waals surface area contributed by atoms with Gasteiger partial charge in [-0.1, -0.05) is 36.4 Å². The summed E-state index contributed by atoms with van der Waals surface area (Å²) in [5.74, 6) is 0.115. The number of hydrogen-bond donors (Lipinski definition) is 0. The predicted molar refractivity (Wildman–Crippen MR) is 94.5 cm³/mol. The van der Waals surface area contributed by atoms with E-state index in [-0.39, 0.29) is 23.5 Å². The van der Waals surface area contributed by atoms with Crippen molar-refractivity contribution in [2.75, 3.05) is 13.2 Å². The van der Waals surface area contributed by atoms with Crippen LogP contribution in [-0.4, -0.2) is 30.1 Å². The quantitative estimate of drug-likeness (QED) is 0.800. The van der Waals surface area contributed by atoms with Crippen LogP contribution < -0.4 is 4.74 Å². The largest absolute Gasteiger partial charge is 0.484 e. The first-order valence-electron chi connectivity index (χ1n) is 8.99. The van der Waals surface area contributed by atoms with E-state index in [1.54, 1.807) is 12.1 Å². The SMILES string of the molecule is O=C(Cc1cccc(OCC(F)(F)F)c1)N1Cc2ccccc2C2(CC2)C1. The standard InChI is InChI=1S/C21H20F3NO2/c22-21(23,24)14-27-17-6-3-4-15(10-17)11-19(26)25-12-16-5-1-2-7-18(16)20(13-25)8-9-20/h1-7,10H,8-9,11-14H2. The first kappa shape index (κ1) is 17.9. The van der Waals surface area contributed by atoms with Crippen molar-refractivity contribution in [1.29, 1.82) is 0 Å². The molecule has 27 heavy (non-hydrogen) atoms. The lowest BCUT2D eigenvalue weighted by atomic mass is 9.87. The Kier molecular flexibility index (Phi) is 4.36. The molecule has 0 unspecified atom stereocenters. The Balaban J connectivity index is 1.44. The fraction of sp³-hybridized carbons (Fsp3) is 0.381. The first-order chi connectivity index (χ1) is 12.8. The number of halogens is 3. The number of rotatable bonds is 4. The average molecular weight is 375 g/mol. The fourth-order valence-electron chi connectivity index (χ4n) is 3.84. The third-order valence-electron chi connectivity index (χ3n) is 5.31. The van der Waals surface area contributed by atoms with Crippen LogP contribution in [0.15, 0.2) is 48.5 Å². The molecule has 0 radical (unpaired) electrons. The zero-order valence-electron chi connectivity index (χ0n) is 14.8. The molecule has 1 spiro atoms. The maximum absolute atomic E-state index is 12.8. The van der Waals surface area contributed by atoms with E-state index in [0.717, 1.165) is 12.8 Å². The van der Waals surface area contributed by atoms with E-state index in [1.165, 1.54) is 23.3 Å². The number of alkyl halides is 3. The molecule has 2 aromatic rings. The molecular weight excluding hydrogens is 355 g/mol. The van der Waals surface area contributed by atoms with Gasteiger partial charge in [-0.2, -0.15) is 13.2 Å². The van der Waals surface area contributed by atoms with Gasteiger partial charge >= 0.3 is 6.18 Å². The molecule has 1 fully saturated rings. The van der Waals surface area contributed by atoms with Gasteiger partial charge in [0.05, 0.1) is 6.42 Å². The van der Waals surface area contributed by atoms with Gasteiger partial charge in [0, 0.05) is 18.5 Å². The number of amides is 1. The molecule has 1 aliphatic carbocycles. The highest BCUT2D eigenvalue weighted by Gasteiger charge is 2.49. The van der Waals surface area contributed by atoms with Crippen LogP contribution in [0.25, 0.3) is 0 Å². The zero-order valence-corrected chi connectivity index (χ0v) is 14.8. The van der Waals surface area contributed by atoms with E-state index in [0.29, 0.717) is 18.7 Å². The molecule has 0 atom stereocenters. The minimum absolute atomic E-state index is 0.0104. The van der Waals surface area contributed by atoms with Crippen molar-refractivity contribution in [1.82, 2.24) is 4.90 Å². The molecule has 6 heteroatoms. The number of hydrogen-bond acceptors (Lipinski definition) is 2. The number of fused-ring (bicyclic) bond motifs is 2. The third-order valence-corrected chi connectivity index (χ3v) is 5.31. The highest BCUT2D eigenvalue weighted by molar-refractivity contribution is 5.79. The van der Waals surface area contributed by atoms with Gasteiger partial charge in [0.15, 0.2) is 6.61 Å². The highest BCUT2D eigenvalue weighted by atomic mass is 19.4. The summed E-state index contributed by atoms with van der Waals surface area (Å²) in [6, 6.07) is 14.6. The average Bonchev–Trinajstić information content (AvgIpc) is 3.40. The molecule has 0 saturated heterocycles. The topological polar surface area (TPSA) is 29.5 Å². The molecule has 2 aromatic carbocycles. The van der Waals surface area contributed by atoms with E-state index >= 15 is 0 Å². The van der Waals surface area contributed by atoms with Crippen molar-refractivity contribution < 1.29 is 22.7 Å². The normalized spacial score (nSPS) is 17.5. The maximum atomic E-state index is 12.8. The lowest BCUT2D eigenvalue weighted by Crippen LogP contribution is -2.42. The van der Waals surface area contributed by atoms with Gasteiger partial charge in [-0.3, -0.25) is 4.79 Å². The van der Waals surface area contributed by atoms with Gasteiger partial charge < -0.3 is 9.64 Å². The van der Waals surface area contributed by atoms with Crippen LogP contribution in [0.2, 0.25) is 0 Å². The maximum Gasteiger partial charge on any atom is 0.422 e. The second-order valence-corrected chi connectivity index (χ2v) is 7.42. The first-order valence-corrected chi connectivity index (χ1v) is 8.99. The smallest absolute Gasteiger partial charge is 0.422 e. The van der Waals surface area contributed by atoms with Crippen LogP contribution in [0.4, 0.5) is 13.2 Å². The molecule has 4 rings (SSSR count). The minimum Gasteiger partial charge on any atom is -0.484 e. The van der Waals surface area contributed by atoms with Crippen molar-refractivity contribution in [3.05, 3.63) is 65.2 Å². The van der Waals surface area contributed by atoms with Crippen LogP contribution in [0.1, 0.15) is 29.5 Å². The molecule has 0 aromatic heterocycles. The Bertz CT molecular complexity index is 859. The van der Waals surface area contributed by atoms with Gasteiger partial charge in [0.2, 0.25) is 5.91 Å². The number of ether oxygens (including phenoxy) is 1. The van der Waals surface area contributed by atoms with Crippen molar-refractivity contribution in [2.24, 2.45) is 0 Å². The van der Waals surface area contributed by atoms with Crippen molar-refractivity contribution in [2.45, 2.75) is 37.4 Å². The summed E-state index contributed by atoms with van der Waals surface area (Å²) in [5, 5.41) is 0. The Labute approximate surface area is 155 Å². The van der Waals surface area contributed by atoms with Crippen LogP contribution >= 0.6 is 0 Å². The molecule has 0 N–H and O–H groups in total. The number of carbonyl (C=O) groups is 1. The van der Waals surface area contributed by atoms with Crippen LogP contribution in [0.3, 0.4) is 0 Å². The summed E-state index contributed by atoms with van der Waals surface area (Å²) in [6.07, 6.45) is -2.05. The zero-order chi connectivity index (χ0) is 19.1. The Morgan fingerprint density at radius 2 is 1.89 bits per heavy atom. The van der Waals surface area contributed by atoms with Crippen molar-refractivity contribution >= 4 is 5.91 Å². The van der Waals surface area contributed by atoms with E-state index in [1.807, 2.05) is 17.0 Å². The van der Waals surface area contributed by atoms with Gasteiger partial charge in [-0.15, -0.1) is 0 Å².